The van der Waals surface area contributed by atoms with Gasteiger partial charge in [0, 0.05) is 4.90 Å². The molecule has 3 aromatic rings. The van der Waals surface area contributed by atoms with Crippen LogP contribution in [0.1, 0.15) is 0 Å². The lowest BCUT2D eigenvalue weighted by atomic mass is 10.1. The summed E-state index contributed by atoms with van der Waals surface area (Å²) in [5, 5.41) is 9.85. The summed E-state index contributed by atoms with van der Waals surface area (Å²) in [6.07, 6.45) is 1.45. The predicted molar refractivity (Wildman–Crippen MR) is 80.2 cm³/mol. The number of nitrogens with zero attached hydrogens (tertiary/aromatic N) is 2. The third-order valence-corrected chi connectivity index (χ3v) is 3.63. The van der Waals surface area contributed by atoms with E-state index in [0.29, 0.717) is 11.6 Å². The number of aromatic nitrogens is 3. The molecule has 0 saturated carbocycles. The summed E-state index contributed by atoms with van der Waals surface area (Å²) in [6, 6.07) is 13.4. The molecule has 0 aliphatic rings. The summed E-state index contributed by atoms with van der Waals surface area (Å²) in [5.74, 6) is 0.943. The van der Waals surface area contributed by atoms with Gasteiger partial charge >= 0.3 is 5.51 Å². The van der Waals surface area contributed by atoms with E-state index < -0.39 is 5.51 Å². The maximum absolute atomic E-state index is 12.3. The minimum atomic E-state index is -4.28. The average molecular weight is 337 g/mol. The van der Waals surface area contributed by atoms with Gasteiger partial charge in [0.05, 0.1) is 0 Å². The summed E-state index contributed by atoms with van der Waals surface area (Å²) in [4.78, 5) is 0.159. The molecular weight excluding hydrogens is 327 g/mol. The maximum Gasteiger partial charge on any atom is 0.446 e. The zero-order chi connectivity index (χ0) is 16.3. The summed E-state index contributed by atoms with van der Waals surface area (Å²) >= 11 is -0.127. The number of hydrogen-bond acceptors (Lipinski definition) is 4. The first-order valence-electron chi connectivity index (χ1n) is 6.49. The lowest BCUT2D eigenvalue weighted by molar-refractivity contribution is -0.0328. The second-order valence-electron chi connectivity index (χ2n) is 4.51. The Morgan fingerprint density at radius 1 is 0.913 bits per heavy atom. The highest BCUT2D eigenvalue weighted by Gasteiger charge is 2.28. The van der Waals surface area contributed by atoms with Gasteiger partial charge in [-0.1, -0.05) is 24.3 Å². The van der Waals surface area contributed by atoms with Crippen LogP contribution < -0.4 is 4.74 Å². The van der Waals surface area contributed by atoms with Crippen LogP contribution in [0.15, 0.2) is 59.6 Å². The average Bonchev–Trinajstić information content (AvgIpc) is 3.00. The minimum absolute atomic E-state index is 0.127. The zero-order valence-corrected chi connectivity index (χ0v) is 12.4. The number of H-pyrrole nitrogens is 1. The van der Waals surface area contributed by atoms with Crippen molar-refractivity contribution in [2.45, 2.75) is 10.4 Å². The Balaban J connectivity index is 1.71. The maximum atomic E-state index is 12.3. The van der Waals surface area contributed by atoms with Crippen molar-refractivity contribution in [1.82, 2.24) is 15.4 Å². The molecule has 0 aliphatic heterocycles. The van der Waals surface area contributed by atoms with Crippen molar-refractivity contribution in [3.05, 3.63) is 54.7 Å². The number of nitrogens with one attached hydrogen (secondary N) is 1. The third-order valence-electron chi connectivity index (χ3n) is 2.89. The molecule has 0 saturated heterocycles. The van der Waals surface area contributed by atoms with E-state index in [1.165, 1.54) is 18.3 Å². The molecule has 0 fully saturated rings. The zero-order valence-electron chi connectivity index (χ0n) is 11.5. The van der Waals surface area contributed by atoms with Gasteiger partial charge < -0.3 is 4.74 Å². The van der Waals surface area contributed by atoms with Crippen LogP contribution in [-0.2, 0) is 0 Å². The topological polar surface area (TPSA) is 50.8 Å². The van der Waals surface area contributed by atoms with Crippen molar-refractivity contribution in [2.75, 3.05) is 0 Å². The summed E-state index contributed by atoms with van der Waals surface area (Å²) in [5.41, 5.74) is -2.58. The Kier molecular flexibility index (Phi) is 4.24. The van der Waals surface area contributed by atoms with Crippen LogP contribution in [0, 0.1) is 0 Å². The van der Waals surface area contributed by atoms with Gasteiger partial charge in [-0.3, -0.25) is 0 Å². The molecule has 1 N–H and O–H groups in total. The standard InChI is InChI=1S/C15H10F3N3OS/c16-15(17,18)23-13-7-3-11(4-8-13)10-1-5-12(6-2-10)22-14-9-19-21-20-14/h1-9H,(H,19,20,21). The summed E-state index contributed by atoms with van der Waals surface area (Å²) in [6.45, 7) is 0. The van der Waals surface area contributed by atoms with Crippen LogP contribution in [0.25, 0.3) is 11.1 Å². The Bertz CT molecular complexity index is 756. The van der Waals surface area contributed by atoms with Gasteiger partial charge in [-0.2, -0.15) is 23.5 Å². The van der Waals surface area contributed by atoms with E-state index in [1.54, 1.807) is 24.3 Å². The fourth-order valence-electron chi connectivity index (χ4n) is 1.93. The van der Waals surface area contributed by atoms with E-state index in [9.17, 15) is 13.2 Å². The number of hydrogen-bond donors (Lipinski definition) is 1. The molecule has 1 aromatic heterocycles. The molecule has 4 nitrogen and oxygen atoms in total. The molecule has 0 unspecified atom stereocenters. The van der Waals surface area contributed by atoms with Gasteiger partial charge in [-0.05, 0) is 47.2 Å². The van der Waals surface area contributed by atoms with Crippen molar-refractivity contribution in [3.63, 3.8) is 0 Å². The molecule has 2 aromatic carbocycles. The highest BCUT2D eigenvalue weighted by atomic mass is 32.2. The second kappa shape index (κ2) is 6.33. The number of rotatable bonds is 4. The van der Waals surface area contributed by atoms with Crippen LogP contribution >= 0.6 is 11.8 Å². The molecule has 23 heavy (non-hydrogen) atoms. The van der Waals surface area contributed by atoms with Crippen molar-refractivity contribution >= 4 is 11.8 Å². The molecule has 3 rings (SSSR count). The number of benzene rings is 2. The molecule has 8 heteroatoms. The predicted octanol–water partition coefficient (Wildman–Crippen LogP) is 4.88. The van der Waals surface area contributed by atoms with Gasteiger partial charge in [0.15, 0.2) is 0 Å². The molecule has 0 atom stereocenters. The monoisotopic (exact) mass is 337 g/mol. The quantitative estimate of drug-likeness (QED) is 0.690. The molecule has 0 amide bonds. The minimum Gasteiger partial charge on any atom is -0.436 e. The fraction of sp³-hybridized carbons (Fsp3) is 0.0667. The molecule has 0 bridgehead atoms. The van der Waals surface area contributed by atoms with Crippen molar-refractivity contribution in [1.29, 1.82) is 0 Å². The van der Waals surface area contributed by atoms with Gasteiger partial charge in [-0.15, -0.1) is 5.10 Å². The lowest BCUT2D eigenvalue weighted by Gasteiger charge is -2.07. The van der Waals surface area contributed by atoms with Gasteiger partial charge in [-0.25, -0.2) is 0 Å². The Hall–Kier alpha value is -2.48. The first-order valence-corrected chi connectivity index (χ1v) is 7.31. The first-order chi connectivity index (χ1) is 11.0. The molecule has 1 heterocycles. The highest BCUT2D eigenvalue weighted by molar-refractivity contribution is 8.00. The molecule has 0 radical (unpaired) electrons. The Labute approximate surface area is 133 Å². The van der Waals surface area contributed by atoms with Gasteiger partial charge in [0.1, 0.15) is 11.9 Å². The Morgan fingerprint density at radius 3 is 2.04 bits per heavy atom. The van der Waals surface area contributed by atoms with E-state index in [4.69, 9.17) is 4.74 Å². The van der Waals surface area contributed by atoms with Crippen LogP contribution in [0.2, 0.25) is 0 Å². The van der Waals surface area contributed by atoms with E-state index in [-0.39, 0.29) is 16.7 Å². The van der Waals surface area contributed by atoms with Crippen LogP contribution in [0.5, 0.6) is 11.6 Å². The fourth-order valence-corrected chi connectivity index (χ4v) is 2.46. The SMILES string of the molecule is FC(F)(F)Sc1ccc(-c2ccc(Oc3cn[nH]n3)cc2)cc1. The number of thioether (sulfide) groups is 1. The van der Waals surface area contributed by atoms with Gasteiger partial charge in [0.2, 0.25) is 0 Å². The van der Waals surface area contributed by atoms with Crippen LogP contribution in [0.4, 0.5) is 13.2 Å². The second-order valence-corrected chi connectivity index (χ2v) is 5.65. The first kappa shape index (κ1) is 15.4. The number of ether oxygens (including phenoxy) is 1. The van der Waals surface area contributed by atoms with Crippen molar-refractivity contribution in [3.8, 4) is 22.8 Å². The Morgan fingerprint density at radius 2 is 1.52 bits per heavy atom. The number of aromatic amines is 1. The van der Waals surface area contributed by atoms with Crippen LogP contribution in [0.3, 0.4) is 0 Å². The third kappa shape index (κ3) is 4.26. The number of alkyl halides is 3. The van der Waals surface area contributed by atoms with E-state index in [2.05, 4.69) is 15.4 Å². The highest BCUT2D eigenvalue weighted by Crippen LogP contribution is 2.37. The van der Waals surface area contributed by atoms with Crippen molar-refractivity contribution < 1.29 is 17.9 Å². The van der Waals surface area contributed by atoms with E-state index in [0.717, 1.165) is 11.1 Å². The lowest BCUT2D eigenvalue weighted by Crippen LogP contribution is -1.98. The molecule has 118 valence electrons. The van der Waals surface area contributed by atoms with E-state index >= 15 is 0 Å². The molecule has 0 aliphatic carbocycles. The smallest absolute Gasteiger partial charge is 0.436 e. The summed E-state index contributed by atoms with van der Waals surface area (Å²) in [7, 11) is 0. The van der Waals surface area contributed by atoms with Crippen molar-refractivity contribution in [2.24, 2.45) is 0 Å². The molecule has 0 spiro atoms. The number of halogens is 3. The largest absolute Gasteiger partial charge is 0.446 e. The normalized spacial score (nSPS) is 11.4. The van der Waals surface area contributed by atoms with Gasteiger partial charge in [0.25, 0.3) is 5.88 Å². The van der Waals surface area contributed by atoms with Crippen LogP contribution in [-0.4, -0.2) is 20.9 Å². The van der Waals surface area contributed by atoms with E-state index in [1.807, 2.05) is 12.1 Å². The molecular formula is C15H10F3N3OS. The summed E-state index contributed by atoms with van der Waals surface area (Å²) < 4.78 is 42.4.